The lowest BCUT2D eigenvalue weighted by atomic mass is 10.1. The largest absolute Gasteiger partial charge is 0.477 e. The van der Waals surface area contributed by atoms with Gasteiger partial charge in [0.15, 0.2) is 0 Å². The van der Waals surface area contributed by atoms with E-state index in [4.69, 9.17) is 16.7 Å². The van der Waals surface area contributed by atoms with Crippen molar-refractivity contribution in [3.8, 4) is 0 Å². The Hall–Kier alpha value is -2.14. The van der Waals surface area contributed by atoms with Crippen LogP contribution in [0.3, 0.4) is 0 Å². The summed E-state index contributed by atoms with van der Waals surface area (Å²) in [6.07, 6.45) is 1.39. The van der Waals surface area contributed by atoms with Crippen LogP contribution in [0.5, 0.6) is 0 Å². The molecule has 0 fully saturated rings. The Kier molecular flexibility index (Phi) is 3.43. The smallest absolute Gasteiger partial charge is 0.342 e. The molecule has 18 heavy (non-hydrogen) atoms. The molecule has 0 aliphatic heterocycles. The fourth-order valence-electron chi connectivity index (χ4n) is 1.50. The molecule has 2 rings (SSSR count). The van der Waals surface area contributed by atoms with Gasteiger partial charge in [0.1, 0.15) is 11.4 Å². The quantitative estimate of drug-likeness (QED) is 0.884. The summed E-state index contributed by atoms with van der Waals surface area (Å²) >= 11 is 5.98. The van der Waals surface area contributed by atoms with Gasteiger partial charge in [-0.2, -0.15) is 0 Å². The lowest BCUT2D eigenvalue weighted by molar-refractivity contribution is 0.0694. The zero-order chi connectivity index (χ0) is 13.1. The molecule has 0 atom stereocenters. The fourth-order valence-corrected chi connectivity index (χ4v) is 1.70. The normalized spacial score (nSPS) is 10.3. The minimum Gasteiger partial charge on any atom is -0.477 e. The maximum atomic E-state index is 11.4. The lowest BCUT2D eigenvalue weighted by Gasteiger charge is -2.03. The highest BCUT2D eigenvalue weighted by atomic mass is 35.5. The topological polar surface area (TPSA) is 83.0 Å². The van der Waals surface area contributed by atoms with E-state index in [1.165, 1.54) is 0 Å². The summed E-state index contributed by atoms with van der Waals surface area (Å²) in [6, 6.07) is 7.18. The summed E-state index contributed by atoms with van der Waals surface area (Å²) in [5, 5.41) is 9.28. The van der Waals surface area contributed by atoms with Crippen LogP contribution in [-0.4, -0.2) is 21.0 Å². The Morgan fingerprint density at radius 3 is 2.72 bits per heavy atom. The molecule has 0 unspecified atom stereocenters. The van der Waals surface area contributed by atoms with E-state index in [0.717, 1.165) is 11.8 Å². The first kappa shape index (κ1) is 12.3. The van der Waals surface area contributed by atoms with Crippen molar-refractivity contribution in [1.29, 1.82) is 0 Å². The van der Waals surface area contributed by atoms with Crippen LogP contribution in [-0.2, 0) is 6.42 Å². The van der Waals surface area contributed by atoms with Gasteiger partial charge < -0.3 is 10.1 Å². The van der Waals surface area contributed by atoms with Crippen molar-refractivity contribution in [3.63, 3.8) is 0 Å². The predicted molar refractivity (Wildman–Crippen MR) is 66.1 cm³/mol. The molecule has 0 spiro atoms. The SMILES string of the molecule is O=C(O)c1cnc(Cc2ccccc2Cl)[nH]c1=O. The third-order valence-corrected chi connectivity index (χ3v) is 2.77. The summed E-state index contributed by atoms with van der Waals surface area (Å²) in [4.78, 5) is 28.4. The number of halogens is 1. The number of benzene rings is 1. The van der Waals surface area contributed by atoms with Gasteiger partial charge in [-0.25, -0.2) is 9.78 Å². The van der Waals surface area contributed by atoms with Crippen molar-refractivity contribution in [2.24, 2.45) is 0 Å². The van der Waals surface area contributed by atoms with E-state index < -0.39 is 11.5 Å². The predicted octanol–water partition coefficient (Wildman–Crippen LogP) is 1.71. The zero-order valence-electron chi connectivity index (χ0n) is 9.18. The monoisotopic (exact) mass is 264 g/mol. The minimum atomic E-state index is -1.30. The van der Waals surface area contributed by atoms with Gasteiger partial charge in [0.05, 0.1) is 0 Å². The van der Waals surface area contributed by atoms with E-state index in [1.54, 1.807) is 12.1 Å². The molecule has 0 saturated heterocycles. The molecule has 0 aliphatic carbocycles. The van der Waals surface area contributed by atoms with E-state index in [-0.39, 0.29) is 5.56 Å². The van der Waals surface area contributed by atoms with Crippen molar-refractivity contribution >= 4 is 17.6 Å². The molecular weight excluding hydrogens is 256 g/mol. The third-order valence-electron chi connectivity index (χ3n) is 2.40. The Morgan fingerprint density at radius 2 is 2.11 bits per heavy atom. The van der Waals surface area contributed by atoms with Gasteiger partial charge in [-0.3, -0.25) is 4.79 Å². The van der Waals surface area contributed by atoms with Crippen molar-refractivity contribution in [2.75, 3.05) is 0 Å². The molecule has 0 radical (unpaired) electrons. The van der Waals surface area contributed by atoms with E-state index in [0.29, 0.717) is 17.3 Å². The van der Waals surface area contributed by atoms with Crippen LogP contribution in [0.4, 0.5) is 0 Å². The highest BCUT2D eigenvalue weighted by Gasteiger charge is 2.10. The summed E-state index contributed by atoms with van der Waals surface area (Å²) in [5.41, 5.74) is -0.233. The van der Waals surface area contributed by atoms with Gasteiger partial charge in [-0.15, -0.1) is 0 Å². The van der Waals surface area contributed by atoms with E-state index in [1.807, 2.05) is 12.1 Å². The second-order valence-electron chi connectivity index (χ2n) is 3.65. The van der Waals surface area contributed by atoms with Crippen LogP contribution in [0.1, 0.15) is 21.7 Å². The molecule has 0 bridgehead atoms. The molecule has 5 nitrogen and oxygen atoms in total. The van der Waals surface area contributed by atoms with E-state index >= 15 is 0 Å². The number of aromatic carboxylic acids is 1. The molecule has 0 amide bonds. The molecule has 2 N–H and O–H groups in total. The number of H-pyrrole nitrogens is 1. The number of carbonyl (C=O) groups is 1. The van der Waals surface area contributed by atoms with Crippen molar-refractivity contribution in [1.82, 2.24) is 9.97 Å². The zero-order valence-corrected chi connectivity index (χ0v) is 9.94. The van der Waals surface area contributed by atoms with E-state index in [9.17, 15) is 9.59 Å². The molecule has 2 aromatic rings. The molecule has 0 aliphatic rings. The third kappa shape index (κ3) is 2.57. The van der Waals surface area contributed by atoms with Gasteiger partial charge in [0, 0.05) is 17.6 Å². The van der Waals surface area contributed by atoms with Crippen LogP contribution in [0, 0.1) is 0 Å². The van der Waals surface area contributed by atoms with Crippen LogP contribution in [0.25, 0.3) is 0 Å². The number of hydrogen-bond donors (Lipinski definition) is 2. The number of nitrogens with zero attached hydrogens (tertiary/aromatic N) is 1. The summed E-state index contributed by atoms with van der Waals surface area (Å²) in [5.74, 6) is -0.925. The van der Waals surface area contributed by atoms with Crippen LogP contribution >= 0.6 is 11.6 Å². The molecule has 6 heteroatoms. The van der Waals surface area contributed by atoms with Gasteiger partial charge in [0.25, 0.3) is 5.56 Å². The summed E-state index contributed by atoms with van der Waals surface area (Å²) in [7, 11) is 0. The Morgan fingerprint density at radius 1 is 1.39 bits per heavy atom. The molecule has 0 saturated carbocycles. The Balaban J connectivity index is 2.32. The van der Waals surface area contributed by atoms with E-state index in [2.05, 4.69) is 9.97 Å². The first-order valence-corrected chi connectivity index (χ1v) is 5.50. The van der Waals surface area contributed by atoms with Crippen molar-refractivity contribution in [2.45, 2.75) is 6.42 Å². The van der Waals surface area contributed by atoms with Gasteiger partial charge in [-0.05, 0) is 11.6 Å². The number of hydrogen-bond acceptors (Lipinski definition) is 3. The Bertz CT molecular complexity index is 652. The first-order chi connectivity index (χ1) is 8.58. The molecule has 92 valence electrons. The summed E-state index contributed by atoms with van der Waals surface area (Å²) in [6.45, 7) is 0. The van der Waals surface area contributed by atoms with Crippen molar-refractivity contribution in [3.05, 3.63) is 62.8 Å². The fraction of sp³-hybridized carbons (Fsp3) is 0.0833. The second-order valence-corrected chi connectivity index (χ2v) is 4.05. The Labute approximate surface area is 107 Å². The van der Waals surface area contributed by atoms with Gasteiger partial charge in [0.2, 0.25) is 0 Å². The maximum Gasteiger partial charge on any atom is 0.342 e. The standard InChI is InChI=1S/C12H9ClN2O3/c13-9-4-2-1-3-7(9)5-10-14-6-8(12(17)18)11(16)15-10/h1-4,6H,5H2,(H,17,18)(H,14,15,16). The maximum absolute atomic E-state index is 11.4. The number of nitrogens with one attached hydrogen (secondary N) is 1. The molecular formula is C12H9ClN2O3. The molecule has 1 aromatic carbocycles. The van der Waals surface area contributed by atoms with Crippen LogP contribution in [0.15, 0.2) is 35.3 Å². The number of carboxylic acid groups (broad SMARTS) is 1. The minimum absolute atomic E-state index is 0.342. The van der Waals surface area contributed by atoms with Crippen molar-refractivity contribution < 1.29 is 9.90 Å². The van der Waals surface area contributed by atoms with Crippen LogP contribution in [0.2, 0.25) is 5.02 Å². The number of aromatic amines is 1. The van der Waals surface area contributed by atoms with Crippen LogP contribution < -0.4 is 5.56 Å². The second kappa shape index (κ2) is 5.01. The molecule has 1 aromatic heterocycles. The van der Waals surface area contributed by atoms with Gasteiger partial charge >= 0.3 is 5.97 Å². The average molecular weight is 265 g/mol. The van der Waals surface area contributed by atoms with Gasteiger partial charge in [-0.1, -0.05) is 29.8 Å². The first-order valence-electron chi connectivity index (χ1n) is 5.13. The highest BCUT2D eigenvalue weighted by Crippen LogP contribution is 2.16. The number of rotatable bonds is 3. The number of carboxylic acids is 1. The lowest BCUT2D eigenvalue weighted by Crippen LogP contribution is -2.20. The summed E-state index contributed by atoms with van der Waals surface area (Å²) < 4.78 is 0. The average Bonchev–Trinajstić information content (AvgIpc) is 2.32. The molecule has 1 heterocycles. The number of aromatic nitrogens is 2. The highest BCUT2D eigenvalue weighted by molar-refractivity contribution is 6.31.